The molecule has 1 aliphatic rings. The largest absolute Gasteiger partial charge is 0.417 e. The van der Waals surface area contributed by atoms with Crippen LogP contribution in [-0.2, 0) is 16.2 Å². The molecule has 11 heteroatoms. The van der Waals surface area contributed by atoms with Crippen LogP contribution in [0.3, 0.4) is 0 Å². The van der Waals surface area contributed by atoms with Gasteiger partial charge in [0.05, 0.1) is 10.5 Å². The Morgan fingerprint density at radius 2 is 1.70 bits per heavy atom. The van der Waals surface area contributed by atoms with E-state index in [1.54, 1.807) is 30.3 Å². The first-order valence-electron chi connectivity index (χ1n) is 11.6. The van der Waals surface area contributed by atoms with Gasteiger partial charge in [0.15, 0.2) is 0 Å². The fourth-order valence-corrected chi connectivity index (χ4v) is 5.91. The molecule has 1 fully saturated rings. The van der Waals surface area contributed by atoms with Crippen molar-refractivity contribution >= 4 is 26.7 Å². The van der Waals surface area contributed by atoms with E-state index in [0.717, 1.165) is 34.3 Å². The van der Waals surface area contributed by atoms with Crippen molar-refractivity contribution in [2.75, 3.05) is 18.4 Å². The fraction of sp³-hybridized carbons (Fsp3) is 0.231. The molecule has 7 nitrogen and oxygen atoms in total. The lowest BCUT2D eigenvalue weighted by molar-refractivity contribution is -0.137. The maximum atomic E-state index is 13.2. The number of halogens is 3. The molecule has 190 valence electrons. The van der Waals surface area contributed by atoms with Gasteiger partial charge in [-0.2, -0.15) is 22.7 Å². The summed E-state index contributed by atoms with van der Waals surface area (Å²) in [5.41, 5.74) is 2.27. The SMILES string of the molecule is N#Cc1cc2cc(-c3ccc(S(=O)(=O)N4CCC(Nc5ccc(C(F)(F)F)cn5)CC4)cc3)ccc2[nH]1. The number of piperidine rings is 1. The Balaban J connectivity index is 1.23. The highest BCUT2D eigenvalue weighted by Crippen LogP contribution is 2.30. The summed E-state index contributed by atoms with van der Waals surface area (Å²) in [4.78, 5) is 7.05. The maximum Gasteiger partial charge on any atom is 0.417 e. The summed E-state index contributed by atoms with van der Waals surface area (Å²) in [6.07, 6.45) is -2.66. The Hall–Kier alpha value is -3.88. The number of pyridine rings is 1. The Labute approximate surface area is 211 Å². The molecule has 2 aromatic heterocycles. The van der Waals surface area contributed by atoms with Gasteiger partial charge in [0, 0.05) is 36.2 Å². The van der Waals surface area contributed by atoms with Gasteiger partial charge < -0.3 is 10.3 Å². The molecule has 0 unspecified atom stereocenters. The first-order valence-corrected chi connectivity index (χ1v) is 13.0. The number of fused-ring (bicyclic) bond motifs is 1. The normalized spacial score (nSPS) is 15.5. The molecule has 2 N–H and O–H groups in total. The highest BCUT2D eigenvalue weighted by molar-refractivity contribution is 7.89. The van der Waals surface area contributed by atoms with E-state index >= 15 is 0 Å². The van der Waals surface area contributed by atoms with Gasteiger partial charge in [-0.3, -0.25) is 0 Å². The number of nitriles is 1. The van der Waals surface area contributed by atoms with E-state index in [-0.39, 0.29) is 24.0 Å². The lowest BCUT2D eigenvalue weighted by atomic mass is 10.0. The number of aromatic amines is 1. The smallest absolute Gasteiger partial charge is 0.367 e. The zero-order valence-corrected chi connectivity index (χ0v) is 20.3. The van der Waals surface area contributed by atoms with Crippen LogP contribution < -0.4 is 5.32 Å². The van der Waals surface area contributed by atoms with Crippen molar-refractivity contribution in [1.29, 1.82) is 5.26 Å². The summed E-state index contributed by atoms with van der Waals surface area (Å²) in [5, 5.41) is 13.1. The van der Waals surface area contributed by atoms with Crippen LogP contribution in [0.5, 0.6) is 0 Å². The van der Waals surface area contributed by atoms with Gasteiger partial charge in [0.25, 0.3) is 0 Å². The minimum Gasteiger partial charge on any atom is -0.367 e. The second-order valence-corrected chi connectivity index (χ2v) is 10.8. The number of sulfonamides is 1. The third kappa shape index (κ3) is 5.16. The maximum absolute atomic E-state index is 13.2. The van der Waals surface area contributed by atoms with Crippen molar-refractivity contribution in [1.82, 2.24) is 14.3 Å². The second-order valence-electron chi connectivity index (χ2n) is 8.87. The summed E-state index contributed by atoms with van der Waals surface area (Å²) < 4.78 is 66.0. The summed E-state index contributed by atoms with van der Waals surface area (Å²) >= 11 is 0. The molecule has 0 spiro atoms. The van der Waals surface area contributed by atoms with Gasteiger partial charge in [0.1, 0.15) is 17.6 Å². The second kappa shape index (κ2) is 9.53. The van der Waals surface area contributed by atoms with Crippen LogP contribution in [0.25, 0.3) is 22.0 Å². The van der Waals surface area contributed by atoms with Crippen molar-refractivity contribution in [3.05, 3.63) is 78.1 Å². The first-order chi connectivity index (χ1) is 17.6. The van der Waals surface area contributed by atoms with Gasteiger partial charge in [-0.1, -0.05) is 18.2 Å². The molecule has 0 aliphatic carbocycles. The minimum absolute atomic E-state index is 0.0945. The average molecular weight is 526 g/mol. The van der Waals surface area contributed by atoms with Crippen molar-refractivity contribution in [2.45, 2.75) is 30.0 Å². The molecule has 37 heavy (non-hydrogen) atoms. The first kappa shape index (κ1) is 24.8. The number of nitrogens with one attached hydrogen (secondary N) is 2. The Bertz CT molecular complexity index is 1570. The van der Waals surface area contributed by atoms with Crippen molar-refractivity contribution < 1.29 is 21.6 Å². The molecule has 0 amide bonds. The zero-order valence-electron chi connectivity index (χ0n) is 19.5. The molecule has 0 bridgehead atoms. The van der Waals surface area contributed by atoms with Crippen LogP contribution in [0.15, 0.2) is 71.8 Å². The lowest BCUT2D eigenvalue weighted by Crippen LogP contribution is -2.42. The van der Waals surface area contributed by atoms with Gasteiger partial charge in [-0.25, -0.2) is 13.4 Å². The van der Waals surface area contributed by atoms with E-state index in [1.807, 2.05) is 18.2 Å². The van der Waals surface area contributed by atoms with Crippen LogP contribution in [0.2, 0.25) is 0 Å². The highest BCUT2D eigenvalue weighted by Gasteiger charge is 2.32. The van der Waals surface area contributed by atoms with E-state index < -0.39 is 21.8 Å². The van der Waals surface area contributed by atoms with Crippen LogP contribution >= 0.6 is 0 Å². The third-order valence-electron chi connectivity index (χ3n) is 6.46. The van der Waals surface area contributed by atoms with E-state index in [1.165, 1.54) is 10.4 Å². The highest BCUT2D eigenvalue weighted by atomic mass is 32.2. The van der Waals surface area contributed by atoms with Crippen LogP contribution in [0, 0.1) is 11.3 Å². The van der Waals surface area contributed by atoms with Crippen LogP contribution in [-0.4, -0.2) is 41.8 Å². The number of rotatable bonds is 5. The molecule has 0 atom stereocenters. The van der Waals surface area contributed by atoms with Crippen LogP contribution in [0.1, 0.15) is 24.1 Å². The van der Waals surface area contributed by atoms with Crippen LogP contribution in [0.4, 0.5) is 19.0 Å². The van der Waals surface area contributed by atoms with E-state index in [0.29, 0.717) is 24.4 Å². The molecule has 5 rings (SSSR count). The Kier molecular flexibility index (Phi) is 6.39. The van der Waals surface area contributed by atoms with E-state index in [9.17, 15) is 21.6 Å². The zero-order chi connectivity index (χ0) is 26.2. The number of benzene rings is 2. The van der Waals surface area contributed by atoms with Gasteiger partial charge in [-0.05, 0) is 66.4 Å². The summed E-state index contributed by atoms with van der Waals surface area (Å²) in [5.74, 6) is 0.326. The summed E-state index contributed by atoms with van der Waals surface area (Å²) in [6, 6.07) is 18.4. The monoisotopic (exact) mass is 525 g/mol. The fourth-order valence-electron chi connectivity index (χ4n) is 4.44. The van der Waals surface area contributed by atoms with Gasteiger partial charge >= 0.3 is 6.18 Å². The van der Waals surface area contributed by atoms with E-state index in [2.05, 4.69) is 21.4 Å². The number of alkyl halides is 3. The molecule has 2 aromatic carbocycles. The molecule has 0 radical (unpaired) electrons. The van der Waals surface area contributed by atoms with Gasteiger partial charge in [0.2, 0.25) is 10.0 Å². The van der Waals surface area contributed by atoms with E-state index in [4.69, 9.17) is 5.26 Å². The Morgan fingerprint density at radius 3 is 2.32 bits per heavy atom. The number of nitrogens with zero attached hydrogens (tertiary/aromatic N) is 3. The van der Waals surface area contributed by atoms with Crippen molar-refractivity contribution in [3.63, 3.8) is 0 Å². The molecular weight excluding hydrogens is 503 g/mol. The molecule has 1 aliphatic heterocycles. The molecule has 0 saturated carbocycles. The number of H-pyrrole nitrogens is 1. The molecule has 1 saturated heterocycles. The predicted molar refractivity (Wildman–Crippen MR) is 133 cm³/mol. The third-order valence-corrected chi connectivity index (χ3v) is 8.38. The van der Waals surface area contributed by atoms with Crippen molar-refractivity contribution in [2.24, 2.45) is 0 Å². The molecule has 4 aromatic rings. The Morgan fingerprint density at radius 1 is 1.00 bits per heavy atom. The number of anilines is 1. The minimum atomic E-state index is -4.44. The molecule has 3 heterocycles. The number of aromatic nitrogens is 2. The number of hydrogen-bond acceptors (Lipinski definition) is 5. The summed E-state index contributed by atoms with van der Waals surface area (Å²) in [6.45, 7) is 0.571. The number of hydrogen-bond donors (Lipinski definition) is 2. The molecular formula is C26H22F3N5O2S. The quantitative estimate of drug-likeness (QED) is 0.364. The van der Waals surface area contributed by atoms with Crippen molar-refractivity contribution in [3.8, 4) is 17.2 Å². The topological polar surface area (TPSA) is 102 Å². The standard InChI is InChI=1S/C26H22F3N5O2S/c27-26(28,29)20-4-8-25(31-16-20)33-21-9-11-34(12-10-21)37(35,36)23-5-1-17(2-6-23)18-3-7-24-19(13-18)14-22(15-30)32-24/h1-8,13-14,16,21,32H,9-12H2,(H,31,33). The summed E-state index contributed by atoms with van der Waals surface area (Å²) in [7, 11) is -3.69. The lowest BCUT2D eigenvalue weighted by Gasteiger charge is -2.32. The average Bonchev–Trinajstić information content (AvgIpc) is 3.32. The predicted octanol–water partition coefficient (Wildman–Crippen LogP) is 5.39. The van der Waals surface area contributed by atoms with Gasteiger partial charge in [-0.15, -0.1) is 0 Å².